The normalized spacial score (nSPS) is 13.4. The van der Waals surface area contributed by atoms with Crippen molar-refractivity contribution >= 4 is 19.8 Å². The minimum Gasteiger partial charge on any atom is -0.480 e. The first kappa shape index (κ1) is 72.0. The Hall–Kier alpha value is -1.03. The molecule has 0 saturated carbocycles. The van der Waals surface area contributed by atoms with Crippen LogP contribution in [0.15, 0.2) is 0 Å². The summed E-state index contributed by atoms with van der Waals surface area (Å²) in [5.74, 6) is -1.76. The van der Waals surface area contributed by atoms with E-state index in [9.17, 15) is 19.0 Å². The number of aliphatic carboxylic acids is 1. The third-order valence-corrected chi connectivity index (χ3v) is 15.8. The summed E-state index contributed by atoms with van der Waals surface area (Å²) in [5, 5.41) is 8.96. The number of phosphoric acid groups is 1. The van der Waals surface area contributed by atoms with Crippen molar-refractivity contribution in [2.45, 2.75) is 360 Å². The van der Waals surface area contributed by atoms with E-state index in [-0.39, 0.29) is 13.0 Å². The van der Waals surface area contributed by atoms with Gasteiger partial charge >= 0.3 is 19.8 Å². The first-order valence-corrected chi connectivity index (χ1v) is 33.6. The molecule has 3 atom stereocenters. The van der Waals surface area contributed by atoms with Crippen LogP contribution in [0.25, 0.3) is 0 Å². The standard InChI is InChI=1S/C62H124NO9P/c1-3-5-7-9-11-13-15-17-19-21-22-23-24-25-26-27-28-29-30-31-32-33-34-35-36-37-38-39-40-42-44-46-48-50-52-54-61(64)72-59(57-70-73(67,68)71-58-60(63)62(65)66)56-69-55-53-51-49-47-45-43-41-20-18-16-14-12-10-8-6-4-2/h59-60H,3-58,63H2,1-2H3,(H,65,66)(H,67,68)/t59-,60+/m1/s1. The lowest BCUT2D eigenvalue weighted by molar-refractivity contribution is -0.154. The van der Waals surface area contributed by atoms with E-state index in [1.54, 1.807) is 0 Å². The molecule has 436 valence electrons. The van der Waals surface area contributed by atoms with E-state index in [1.807, 2.05) is 0 Å². The molecule has 0 aliphatic rings. The molecule has 0 radical (unpaired) electrons. The number of hydrogen-bond donors (Lipinski definition) is 3. The Balaban J connectivity index is 3.83. The minimum atomic E-state index is -4.62. The van der Waals surface area contributed by atoms with Crippen molar-refractivity contribution in [2.75, 3.05) is 26.4 Å². The Morgan fingerprint density at radius 1 is 0.384 bits per heavy atom. The van der Waals surface area contributed by atoms with Gasteiger partial charge in [0.2, 0.25) is 0 Å². The van der Waals surface area contributed by atoms with Gasteiger partial charge < -0.3 is 25.2 Å². The Bertz CT molecular complexity index is 1180. The van der Waals surface area contributed by atoms with E-state index in [0.717, 1.165) is 38.5 Å². The third kappa shape index (κ3) is 58.5. The van der Waals surface area contributed by atoms with Gasteiger partial charge in [0.15, 0.2) is 0 Å². The van der Waals surface area contributed by atoms with Crippen molar-refractivity contribution in [3.05, 3.63) is 0 Å². The molecule has 0 heterocycles. The first-order valence-electron chi connectivity index (χ1n) is 32.1. The van der Waals surface area contributed by atoms with E-state index < -0.39 is 45.1 Å². The molecule has 73 heavy (non-hydrogen) atoms. The van der Waals surface area contributed by atoms with E-state index in [2.05, 4.69) is 13.8 Å². The Morgan fingerprint density at radius 2 is 0.630 bits per heavy atom. The van der Waals surface area contributed by atoms with E-state index in [0.29, 0.717) is 6.61 Å². The molecule has 0 aliphatic heterocycles. The second kappa shape index (κ2) is 58.6. The molecule has 0 amide bonds. The molecule has 0 rings (SSSR count). The molecular formula is C62H124NO9P. The molecule has 0 spiro atoms. The molecule has 0 aromatic carbocycles. The molecule has 0 aliphatic carbocycles. The molecule has 0 fully saturated rings. The molecule has 0 aromatic heterocycles. The lowest BCUT2D eigenvalue weighted by Gasteiger charge is -2.20. The molecule has 0 aromatic rings. The number of carbonyl (C=O) groups excluding carboxylic acids is 1. The smallest absolute Gasteiger partial charge is 0.472 e. The van der Waals surface area contributed by atoms with Gasteiger partial charge in [-0.1, -0.05) is 328 Å². The number of ether oxygens (including phenoxy) is 2. The topological polar surface area (TPSA) is 155 Å². The fraction of sp³-hybridized carbons (Fsp3) is 0.968. The highest BCUT2D eigenvalue weighted by Crippen LogP contribution is 2.43. The van der Waals surface area contributed by atoms with Crippen LogP contribution in [-0.4, -0.2) is 60.5 Å². The molecule has 11 heteroatoms. The number of carbonyl (C=O) groups is 2. The Kier molecular flexibility index (Phi) is 57.8. The summed E-state index contributed by atoms with van der Waals surface area (Å²) in [6.07, 6.45) is 67.9. The predicted molar refractivity (Wildman–Crippen MR) is 309 cm³/mol. The summed E-state index contributed by atoms with van der Waals surface area (Å²) in [5.41, 5.74) is 5.39. The molecule has 1 unspecified atom stereocenters. The van der Waals surface area contributed by atoms with Gasteiger partial charge in [-0.3, -0.25) is 18.6 Å². The van der Waals surface area contributed by atoms with Gasteiger partial charge in [-0.05, 0) is 12.8 Å². The zero-order chi connectivity index (χ0) is 53.2. The third-order valence-electron chi connectivity index (χ3n) is 14.9. The summed E-state index contributed by atoms with van der Waals surface area (Å²) in [6.45, 7) is 3.98. The second-order valence-corrected chi connectivity index (χ2v) is 23.7. The average molecular weight is 1060 g/mol. The van der Waals surface area contributed by atoms with Crippen LogP contribution in [-0.2, 0) is 32.7 Å². The number of unbranched alkanes of at least 4 members (excludes halogenated alkanes) is 49. The SMILES string of the molecule is CCCCCCCCCCCCCCCCCCCCCCCCCCCCCCCCCCCCCC(=O)O[C@H](COCCCCCCCCCCCCCCCCCC)COP(=O)(O)OC[C@H](N)C(=O)O. The zero-order valence-electron chi connectivity index (χ0n) is 48.5. The molecule has 0 bridgehead atoms. The number of carboxylic acids is 1. The fourth-order valence-corrected chi connectivity index (χ4v) is 10.7. The first-order chi connectivity index (χ1) is 35.7. The van der Waals surface area contributed by atoms with Gasteiger partial charge in [-0.2, -0.15) is 0 Å². The maximum atomic E-state index is 12.8. The van der Waals surface area contributed by atoms with Gasteiger partial charge in [0.25, 0.3) is 0 Å². The largest absolute Gasteiger partial charge is 0.480 e. The van der Waals surface area contributed by atoms with Crippen LogP contribution in [0.1, 0.15) is 348 Å². The van der Waals surface area contributed by atoms with Crippen LogP contribution >= 0.6 is 7.82 Å². The number of nitrogens with two attached hydrogens (primary N) is 1. The lowest BCUT2D eigenvalue weighted by Crippen LogP contribution is -2.34. The van der Waals surface area contributed by atoms with Crippen molar-refractivity contribution in [3.63, 3.8) is 0 Å². The fourth-order valence-electron chi connectivity index (χ4n) is 9.96. The van der Waals surface area contributed by atoms with Gasteiger partial charge in [0.05, 0.1) is 19.8 Å². The highest BCUT2D eigenvalue weighted by Gasteiger charge is 2.27. The molecular weight excluding hydrogens is 934 g/mol. The van der Waals surface area contributed by atoms with Crippen molar-refractivity contribution in [3.8, 4) is 0 Å². The maximum absolute atomic E-state index is 12.8. The Morgan fingerprint density at radius 3 is 0.904 bits per heavy atom. The minimum absolute atomic E-state index is 0.0266. The monoisotopic (exact) mass is 1060 g/mol. The van der Waals surface area contributed by atoms with Crippen LogP contribution in [0.3, 0.4) is 0 Å². The van der Waals surface area contributed by atoms with Crippen molar-refractivity contribution in [2.24, 2.45) is 5.73 Å². The van der Waals surface area contributed by atoms with Crippen LogP contribution in [0.2, 0.25) is 0 Å². The maximum Gasteiger partial charge on any atom is 0.472 e. The number of hydrogen-bond acceptors (Lipinski definition) is 8. The van der Waals surface area contributed by atoms with Crippen LogP contribution < -0.4 is 5.73 Å². The number of phosphoric ester groups is 1. The van der Waals surface area contributed by atoms with Gasteiger partial charge in [0.1, 0.15) is 12.1 Å². The summed E-state index contributed by atoms with van der Waals surface area (Å²) in [4.78, 5) is 33.8. The van der Waals surface area contributed by atoms with Crippen molar-refractivity contribution in [1.29, 1.82) is 0 Å². The number of carboxylic acid groups (broad SMARTS) is 1. The van der Waals surface area contributed by atoms with E-state index in [1.165, 1.54) is 289 Å². The van der Waals surface area contributed by atoms with Gasteiger partial charge in [0, 0.05) is 13.0 Å². The van der Waals surface area contributed by atoms with Crippen LogP contribution in [0, 0.1) is 0 Å². The number of rotatable bonds is 63. The van der Waals surface area contributed by atoms with Crippen LogP contribution in [0.4, 0.5) is 0 Å². The summed E-state index contributed by atoms with van der Waals surface area (Å²) in [7, 11) is -4.62. The Labute approximate surface area is 452 Å². The quantitative estimate of drug-likeness (QED) is 0.0305. The summed E-state index contributed by atoms with van der Waals surface area (Å²) >= 11 is 0. The number of esters is 1. The second-order valence-electron chi connectivity index (χ2n) is 22.3. The molecule has 10 nitrogen and oxygen atoms in total. The molecule has 4 N–H and O–H groups in total. The van der Waals surface area contributed by atoms with E-state index in [4.69, 9.17) is 29.4 Å². The van der Waals surface area contributed by atoms with Crippen molar-refractivity contribution < 1.29 is 42.7 Å². The van der Waals surface area contributed by atoms with E-state index >= 15 is 0 Å². The average Bonchev–Trinajstić information content (AvgIpc) is 3.37. The van der Waals surface area contributed by atoms with Crippen LogP contribution in [0.5, 0.6) is 0 Å². The van der Waals surface area contributed by atoms with Gasteiger partial charge in [-0.15, -0.1) is 0 Å². The zero-order valence-corrected chi connectivity index (χ0v) is 49.4. The highest BCUT2D eigenvalue weighted by molar-refractivity contribution is 7.47. The predicted octanol–water partition coefficient (Wildman–Crippen LogP) is 19.8. The van der Waals surface area contributed by atoms with Gasteiger partial charge in [-0.25, -0.2) is 4.57 Å². The summed E-state index contributed by atoms with van der Waals surface area (Å²) in [6, 6.07) is -1.47. The highest BCUT2D eigenvalue weighted by atomic mass is 31.2. The lowest BCUT2D eigenvalue weighted by atomic mass is 10.0. The molecule has 0 saturated heterocycles. The van der Waals surface area contributed by atoms with Crippen molar-refractivity contribution in [1.82, 2.24) is 0 Å². The summed E-state index contributed by atoms with van der Waals surface area (Å²) < 4.78 is 33.6.